The van der Waals surface area contributed by atoms with Crippen molar-refractivity contribution >= 4 is 34.7 Å². The number of benzene rings is 2. The number of amides is 2. The second-order valence-corrected chi connectivity index (χ2v) is 12.1. The van der Waals surface area contributed by atoms with Crippen LogP contribution in [0.4, 0.5) is 4.79 Å². The predicted molar refractivity (Wildman–Crippen MR) is 162 cm³/mol. The quantitative estimate of drug-likeness (QED) is 0.184. The summed E-state index contributed by atoms with van der Waals surface area (Å²) in [6, 6.07) is 18.5. The van der Waals surface area contributed by atoms with Crippen molar-refractivity contribution in [3.63, 3.8) is 0 Å². The van der Waals surface area contributed by atoms with E-state index in [0.717, 1.165) is 26.7 Å². The minimum Gasteiger partial charge on any atom is -0.444 e. The maximum atomic E-state index is 13.1. The molecule has 0 saturated carbocycles. The molecule has 3 atom stereocenters. The van der Waals surface area contributed by atoms with Gasteiger partial charge in [-0.05, 0) is 30.4 Å². The fourth-order valence-corrected chi connectivity index (χ4v) is 5.80. The monoisotopic (exact) mass is 592 g/mol. The molecule has 0 unspecified atom stereocenters. The molecule has 0 radical (unpaired) electrons. The van der Waals surface area contributed by atoms with Gasteiger partial charge in [0, 0.05) is 23.5 Å². The van der Waals surface area contributed by atoms with Gasteiger partial charge in [-0.25, -0.2) is 9.78 Å². The van der Waals surface area contributed by atoms with Gasteiger partial charge in [0.05, 0.1) is 39.7 Å². The van der Waals surface area contributed by atoms with Crippen molar-refractivity contribution in [2.75, 3.05) is 0 Å². The van der Waals surface area contributed by atoms with E-state index in [4.69, 9.17) is 4.74 Å². The van der Waals surface area contributed by atoms with E-state index in [1.807, 2.05) is 66.0 Å². The molecule has 216 valence electrons. The van der Waals surface area contributed by atoms with Crippen LogP contribution in [0.15, 0.2) is 77.8 Å². The molecule has 0 fully saturated rings. The van der Waals surface area contributed by atoms with Gasteiger partial charge >= 0.3 is 6.09 Å². The van der Waals surface area contributed by atoms with Crippen molar-refractivity contribution in [2.45, 2.75) is 70.2 Å². The van der Waals surface area contributed by atoms with Crippen molar-refractivity contribution in [3.05, 3.63) is 104 Å². The minimum atomic E-state index is -0.952. The van der Waals surface area contributed by atoms with Gasteiger partial charge in [-0.2, -0.15) is 0 Å². The number of thiazole rings is 2. The maximum Gasteiger partial charge on any atom is 0.407 e. The molecule has 10 heteroatoms. The molecule has 0 aliphatic rings. The Morgan fingerprint density at radius 3 is 2.24 bits per heavy atom. The number of nitrogens with zero attached hydrogens (tertiary/aromatic N) is 2. The highest BCUT2D eigenvalue weighted by Gasteiger charge is 2.27. The van der Waals surface area contributed by atoms with Gasteiger partial charge in [0.15, 0.2) is 0 Å². The Kier molecular flexibility index (Phi) is 11.4. The number of aliphatic hydroxyl groups is 1. The summed E-state index contributed by atoms with van der Waals surface area (Å²) >= 11 is 2.96. The lowest BCUT2D eigenvalue weighted by molar-refractivity contribution is -0.121. The van der Waals surface area contributed by atoms with Crippen LogP contribution in [0.3, 0.4) is 0 Å². The number of rotatable bonds is 14. The van der Waals surface area contributed by atoms with E-state index in [1.54, 1.807) is 23.0 Å². The molecule has 0 aliphatic heterocycles. The lowest BCUT2D eigenvalue weighted by atomic mass is 9.93. The highest BCUT2D eigenvalue weighted by Crippen LogP contribution is 2.20. The molecule has 2 aromatic carbocycles. The molecule has 2 amide bonds. The van der Waals surface area contributed by atoms with Crippen LogP contribution in [-0.4, -0.2) is 45.3 Å². The summed E-state index contributed by atoms with van der Waals surface area (Å²) in [6.07, 6.45) is 1.42. The number of aliphatic hydroxyl groups excluding tert-OH is 1. The van der Waals surface area contributed by atoms with Crippen molar-refractivity contribution in [2.24, 2.45) is 0 Å². The van der Waals surface area contributed by atoms with Crippen molar-refractivity contribution < 1.29 is 19.4 Å². The van der Waals surface area contributed by atoms with Crippen molar-refractivity contribution in [1.29, 1.82) is 0 Å². The second kappa shape index (κ2) is 15.4. The standard InChI is InChI=1S/C31H36N4O4S2/c1-21(2)30-34-25(19-40-30)16-29(37)33-24(13-22-9-5-3-6-10-22)15-28(36)27(14-23-11-7-4-8-12-23)35-31(38)39-18-26-17-32-20-41-26/h3-12,17,19-21,24,27-28,36H,13-16,18H2,1-2H3,(H,33,37)(H,35,38)/t24-,27-,28-/m0/s1. The highest BCUT2D eigenvalue weighted by atomic mass is 32.1. The molecule has 0 aliphatic carbocycles. The zero-order valence-corrected chi connectivity index (χ0v) is 24.9. The van der Waals surface area contributed by atoms with E-state index in [1.165, 1.54) is 11.3 Å². The van der Waals surface area contributed by atoms with Crippen LogP contribution < -0.4 is 10.6 Å². The number of carbonyl (C=O) groups is 2. The largest absolute Gasteiger partial charge is 0.444 e. The third kappa shape index (κ3) is 10.1. The Morgan fingerprint density at radius 1 is 0.951 bits per heavy atom. The number of alkyl carbamates (subject to hydrolysis) is 1. The molecular weight excluding hydrogens is 556 g/mol. The van der Waals surface area contributed by atoms with E-state index in [0.29, 0.717) is 18.8 Å². The van der Waals surface area contributed by atoms with Crippen LogP contribution in [0.5, 0.6) is 0 Å². The lowest BCUT2D eigenvalue weighted by Crippen LogP contribution is -2.49. The SMILES string of the molecule is CC(C)c1nc(CC(=O)N[C@@H](Cc2ccccc2)C[C@H](O)[C@H](Cc2ccccc2)NC(=O)OCc2cncs2)cs1. The number of ether oxygens (including phenoxy) is 1. The molecule has 4 aromatic rings. The van der Waals surface area contributed by atoms with Crippen molar-refractivity contribution in [3.8, 4) is 0 Å². The Balaban J connectivity index is 1.45. The summed E-state index contributed by atoms with van der Waals surface area (Å²) < 4.78 is 5.39. The maximum absolute atomic E-state index is 13.1. The molecule has 0 saturated heterocycles. The average Bonchev–Trinajstić information content (AvgIpc) is 3.65. The predicted octanol–water partition coefficient (Wildman–Crippen LogP) is 5.28. The van der Waals surface area contributed by atoms with Gasteiger partial charge in [-0.15, -0.1) is 22.7 Å². The molecule has 3 N–H and O–H groups in total. The Hall–Kier alpha value is -3.60. The fraction of sp³-hybridized carbons (Fsp3) is 0.355. The molecule has 4 rings (SSSR count). The Bertz CT molecular complexity index is 1350. The topological polar surface area (TPSA) is 113 Å². The number of hydrogen-bond donors (Lipinski definition) is 3. The summed E-state index contributed by atoms with van der Waals surface area (Å²) in [5.74, 6) is 0.149. The van der Waals surface area contributed by atoms with Gasteiger partial charge in [0.25, 0.3) is 0 Å². The first-order valence-electron chi connectivity index (χ1n) is 13.7. The van der Waals surface area contributed by atoms with E-state index in [-0.39, 0.29) is 31.4 Å². The fourth-order valence-electron chi connectivity index (χ4n) is 4.45. The smallest absolute Gasteiger partial charge is 0.407 e. The summed E-state index contributed by atoms with van der Waals surface area (Å²) in [4.78, 5) is 35.2. The number of carbonyl (C=O) groups excluding carboxylic acids is 2. The molecule has 41 heavy (non-hydrogen) atoms. The summed E-state index contributed by atoms with van der Waals surface area (Å²) in [5, 5.41) is 20.3. The molecule has 2 heterocycles. The van der Waals surface area contributed by atoms with E-state index in [2.05, 4.69) is 34.4 Å². The lowest BCUT2D eigenvalue weighted by Gasteiger charge is -2.28. The second-order valence-electron chi connectivity index (χ2n) is 10.3. The summed E-state index contributed by atoms with van der Waals surface area (Å²) in [5.41, 5.74) is 4.42. The Labute approximate surface area is 248 Å². The molecular formula is C31H36N4O4S2. The van der Waals surface area contributed by atoms with Crippen LogP contribution in [0.1, 0.15) is 52.9 Å². The average molecular weight is 593 g/mol. The van der Waals surface area contributed by atoms with Crippen molar-refractivity contribution in [1.82, 2.24) is 20.6 Å². The zero-order valence-electron chi connectivity index (χ0n) is 23.2. The summed E-state index contributed by atoms with van der Waals surface area (Å²) in [7, 11) is 0. The molecule has 8 nitrogen and oxygen atoms in total. The minimum absolute atomic E-state index is 0.104. The third-order valence-electron chi connectivity index (χ3n) is 6.52. The first-order chi connectivity index (χ1) is 19.9. The van der Waals surface area contributed by atoms with Crippen LogP contribution in [-0.2, 0) is 35.4 Å². The zero-order chi connectivity index (χ0) is 29.0. The van der Waals surface area contributed by atoms with E-state index < -0.39 is 18.2 Å². The molecule has 0 spiro atoms. The van der Waals surface area contributed by atoms with Gasteiger partial charge in [0.2, 0.25) is 5.91 Å². The van der Waals surface area contributed by atoms with Crippen LogP contribution >= 0.6 is 22.7 Å². The van der Waals surface area contributed by atoms with Crippen LogP contribution in [0.2, 0.25) is 0 Å². The molecule has 0 bridgehead atoms. The van der Waals surface area contributed by atoms with Gasteiger partial charge in [-0.1, -0.05) is 74.5 Å². The van der Waals surface area contributed by atoms with E-state index >= 15 is 0 Å². The molecule has 2 aromatic heterocycles. The van der Waals surface area contributed by atoms with Gasteiger partial charge < -0.3 is 20.5 Å². The number of hydrogen-bond acceptors (Lipinski definition) is 8. The van der Waals surface area contributed by atoms with Crippen LogP contribution in [0, 0.1) is 0 Å². The number of nitrogens with one attached hydrogen (secondary N) is 2. The van der Waals surface area contributed by atoms with Gasteiger partial charge in [-0.3, -0.25) is 9.78 Å². The first kappa shape index (κ1) is 30.4. The number of aromatic nitrogens is 2. The Morgan fingerprint density at radius 2 is 1.63 bits per heavy atom. The third-order valence-corrected chi connectivity index (χ3v) is 8.46. The summed E-state index contributed by atoms with van der Waals surface area (Å²) in [6.45, 7) is 4.26. The van der Waals surface area contributed by atoms with Gasteiger partial charge in [0.1, 0.15) is 6.61 Å². The highest BCUT2D eigenvalue weighted by molar-refractivity contribution is 7.09. The van der Waals surface area contributed by atoms with Crippen LogP contribution in [0.25, 0.3) is 0 Å². The normalized spacial score (nSPS) is 13.4. The van der Waals surface area contributed by atoms with E-state index in [9.17, 15) is 14.7 Å². The first-order valence-corrected chi connectivity index (χ1v) is 15.4.